The van der Waals surface area contributed by atoms with Crippen LogP contribution in [0.1, 0.15) is 5.56 Å². The minimum atomic E-state index is 0.462. The molecule has 2 aromatic carbocycles. The Labute approximate surface area is 87.1 Å². The fourth-order valence-electron chi connectivity index (χ4n) is 1.57. The van der Waals surface area contributed by atoms with Gasteiger partial charge in [0.1, 0.15) is 0 Å². The van der Waals surface area contributed by atoms with E-state index >= 15 is 0 Å². The summed E-state index contributed by atoms with van der Waals surface area (Å²) < 4.78 is 0. The molecule has 1 N–H and O–H groups in total. The minimum Gasteiger partial charge on any atom is -0.183 e. The summed E-state index contributed by atoms with van der Waals surface area (Å²) in [5.74, 6) is 0. The lowest BCUT2D eigenvalue weighted by molar-refractivity contribution is 0.830. The molecule has 0 heterocycles. The summed E-state index contributed by atoms with van der Waals surface area (Å²) in [5.41, 5.74) is 7.59. The Kier molecular flexibility index (Phi) is 2.78. The van der Waals surface area contributed by atoms with E-state index in [9.17, 15) is 0 Å². The Morgan fingerprint density at radius 3 is 2.67 bits per heavy atom. The van der Waals surface area contributed by atoms with E-state index in [1.807, 2.05) is 24.3 Å². The SMILES string of the molecule is N=NN=NCc1cccc2ccccc12. The van der Waals surface area contributed by atoms with Gasteiger partial charge < -0.3 is 0 Å². The summed E-state index contributed by atoms with van der Waals surface area (Å²) in [6.45, 7) is 0.462. The topological polar surface area (TPSA) is 60.9 Å². The quantitative estimate of drug-likeness (QED) is 0.577. The van der Waals surface area contributed by atoms with Crippen LogP contribution in [0.3, 0.4) is 0 Å². The Morgan fingerprint density at radius 2 is 1.80 bits per heavy atom. The second kappa shape index (κ2) is 4.41. The van der Waals surface area contributed by atoms with E-state index in [-0.39, 0.29) is 0 Å². The number of hydrogen-bond acceptors (Lipinski definition) is 2. The van der Waals surface area contributed by atoms with Crippen molar-refractivity contribution in [3.63, 3.8) is 0 Å². The van der Waals surface area contributed by atoms with Crippen LogP contribution in [0.25, 0.3) is 10.8 Å². The summed E-state index contributed by atoms with van der Waals surface area (Å²) in [7, 11) is 0. The van der Waals surface area contributed by atoms with Gasteiger partial charge in [0.05, 0.1) is 6.54 Å². The van der Waals surface area contributed by atoms with Crippen LogP contribution in [0.4, 0.5) is 0 Å². The Morgan fingerprint density at radius 1 is 1.00 bits per heavy atom. The van der Waals surface area contributed by atoms with E-state index < -0.39 is 0 Å². The van der Waals surface area contributed by atoms with Gasteiger partial charge in [-0.3, -0.25) is 0 Å². The first-order chi connectivity index (χ1) is 7.42. The van der Waals surface area contributed by atoms with Gasteiger partial charge in [-0.05, 0) is 26.8 Å². The van der Waals surface area contributed by atoms with Crippen molar-refractivity contribution < 1.29 is 0 Å². The third-order valence-electron chi connectivity index (χ3n) is 2.23. The first kappa shape index (κ1) is 9.45. The van der Waals surface area contributed by atoms with Crippen molar-refractivity contribution in [1.82, 2.24) is 0 Å². The molecule has 0 amide bonds. The standard InChI is InChI=1S/C11H10N4/c12-14-15-13-8-10-6-3-5-9-4-1-2-7-11(9)10/h1-7,12H,8H2. The molecule has 74 valence electrons. The van der Waals surface area contributed by atoms with Crippen LogP contribution < -0.4 is 0 Å². The molecule has 2 aromatic rings. The van der Waals surface area contributed by atoms with Crippen LogP contribution in [0.15, 0.2) is 58.0 Å². The van der Waals surface area contributed by atoms with Gasteiger partial charge in [0, 0.05) is 0 Å². The predicted molar refractivity (Wildman–Crippen MR) is 57.7 cm³/mol. The third kappa shape index (κ3) is 2.04. The zero-order valence-corrected chi connectivity index (χ0v) is 8.09. The largest absolute Gasteiger partial charge is 0.183 e. The summed E-state index contributed by atoms with van der Waals surface area (Å²) in [5, 5.41) is 12.3. The molecule has 0 fully saturated rings. The molecule has 2 rings (SSSR count). The molecule has 0 saturated carbocycles. The molecule has 15 heavy (non-hydrogen) atoms. The van der Waals surface area contributed by atoms with Crippen molar-refractivity contribution in [3.8, 4) is 0 Å². The molecule has 0 aliphatic rings. The Hall–Kier alpha value is -2.10. The van der Waals surface area contributed by atoms with E-state index in [4.69, 9.17) is 5.53 Å². The van der Waals surface area contributed by atoms with E-state index in [0.29, 0.717) is 6.54 Å². The van der Waals surface area contributed by atoms with Gasteiger partial charge in [-0.15, -0.1) is 0 Å². The summed E-state index contributed by atoms with van der Waals surface area (Å²) in [6, 6.07) is 14.2. The molecule has 0 aliphatic carbocycles. The lowest BCUT2D eigenvalue weighted by Crippen LogP contribution is -1.83. The lowest BCUT2D eigenvalue weighted by Gasteiger charge is -2.02. The summed E-state index contributed by atoms with van der Waals surface area (Å²) >= 11 is 0. The highest BCUT2D eigenvalue weighted by Crippen LogP contribution is 2.19. The fraction of sp³-hybridized carbons (Fsp3) is 0.0909. The highest BCUT2D eigenvalue weighted by Gasteiger charge is 1.98. The van der Waals surface area contributed by atoms with Crippen molar-refractivity contribution in [1.29, 1.82) is 5.53 Å². The molecular weight excluding hydrogens is 188 g/mol. The van der Waals surface area contributed by atoms with Crippen LogP contribution in [0.2, 0.25) is 0 Å². The van der Waals surface area contributed by atoms with Gasteiger partial charge in [0.15, 0.2) is 0 Å². The van der Waals surface area contributed by atoms with Crippen molar-refractivity contribution in [3.05, 3.63) is 48.0 Å². The summed E-state index contributed by atoms with van der Waals surface area (Å²) in [4.78, 5) is 0. The van der Waals surface area contributed by atoms with Crippen molar-refractivity contribution >= 4 is 10.8 Å². The first-order valence-electron chi connectivity index (χ1n) is 4.61. The second-order valence-electron chi connectivity index (χ2n) is 3.13. The average Bonchev–Trinajstić information content (AvgIpc) is 2.30. The zero-order valence-electron chi connectivity index (χ0n) is 8.09. The van der Waals surface area contributed by atoms with Crippen molar-refractivity contribution in [2.45, 2.75) is 6.54 Å². The van der Waals surface area contributed by atoms with Crippen molar-refractivity contribution in [2.75, 3.05) is 0 Å². The molecule has 0 spiro atoms. The molecule has 4 heteroatoms. The van der Waals surface area contributed by atoms with Gasteiger partial charge in [-0.2, -0.15) is 10.6 Å². The maximum Gasteiger partial charge on any atom is 0.0878 e. The van der Waals surface area contributed by atoms with Crippen LogP contribution in [-0.4, -0.2) is 0 Å². The molecule has 0 saturated heterocycles. The minimum absolute atomic E-state index is 0.462. The Bertz CT molecular complexity index is 499. The molecule has 4 nitrogen and oxygen atoms in total. The summed E-state index contributed by atoms with van der Waals surface area (Å²) in [6.07, 6.45) is 0. The Balaban J connectivity index is 2.42. The molecule has 0 bridgehead atoms. The monoisotopic (exact) mass is 198 g/mol. The molecule has 0 unspecified atom stereocenters. The number of hydrogen-bond donors (Lipinski definition) is 1. The molecule has 0 aliphatic heterocycles. The average molecular weight is 198 g/mol. The number of nitrogens with one attached hydrogen (secondary N) is 1. The van der Waals surface area contributed by atoms with E-state index in [1.54, 1.807) is 0 Å². The van der Waals surface area contributed by atoms with Gasteiger partial charge in [0.25, 0.3) is 0 Å². The second-order valence-corrected chi connectivity index (χ2v) is 3.13. The van der Waals surface area contributed by atoms with Gasteiger partial charge in [-0.25, -0.2) is 0 Å². The van der Waals surface area contributed by atoms with E-state index in [1.165, 1.54) is 10.8 Å². The van der Waals surface area contributed by atoms with Crippen LogP contribution in [0.5, 0.6) is 0 Å². The van der Waals surface area contributed by atoms with E-state index in [0.717, 1.165) is 5.56 Å². The van der Waals surface area contributed by atoms with Gasteiger partial charge in [-0.1, -0.05) is 42.5 Å². The number of benzene rings is 2. The van der Waals surface area contributed by atoms with Crippen LogP contribution in [-0.2, 0) is 6.54 Å². The van der Waals surface area contributed by atoms with Gasteiger partial charge in [0.2, 0.25) is 0 Å². The highest BCUT2D eigenvalue weighted by atomic mass is 15.4. The predicted octanol–water partition coefficient (Wildman–Crippen LogP) is 3.74. The molecule has 0 atom stereocenters. The van der Waals surface area contributed by atoms with Crippen molar-refractivity contribution in [2.24, 2.45) is 15.6 Å². The van der Waals surface area contributed by atoms with Crippen LogP contribution >= 0.6 is 0 Å². The number of nitrogens with zero attached hydrogens (tertiary/aromatic N) is 3. The highest BCUT2D eigenvalue weighted by molar-refractivity contribution is 5.85. The molecule has 0 radical (unpaired) electrons. The van der Waals surface area contributed by atoms with E-state index in [2.05, 4.69) is 33.8 Å². The normalized spacial score (nSPS) is 10.9. The molecule has 0 aromatic heterocycles. The number of fused-ring (bicyclic) bond motifs is 1. The maximum absolute atomic E-state index is 6.50. The maximum atomic E-state index is 6.50. The van der Waals surface area contributed by atoms with Gasteiger partial charge >= 0.3 is 0 Å². The molecular formula is C11H10N4. The smallest absolute Gasteiger partial charge is 0.0878 e. The lowest BCUT2D eigenvalue weighted by atomic mass is 10.1. The zero-order chi connectivity index (χ0) is 10.5. The fourth-order valence-corrected chi connectivity index (χ4v) is 1.57. The first-order valence-corrected chi connectivity index (χ1v) is 4.61. The third-order valence-corrected chi connectivity index (χ3v) is 2.23. The van der Waals surface area contributed by atoms with Crippen LogP contribution in [0, 0.1) is 5.53 Å². The number of rotatable bonds is 3.